The van der Waals surface area contributed by atoms with Gasteiger partial charge in [-0.3, -0.25) is 9.78 Å². The molecule has 4 rings (SSSR count). The van der Waals surface area contributed by atoms with Gasteiger partial charge in [0.05, 0.1) is 19.8 Å². The zero-order valence-electron chi connectivity index (χ0n) is 21.1. The number of hydrogen-bond donors (Lipinski definition) is 2. The molecule has 0 unspecified atom stereocenters. The summed E-state index contributed by atoms with van der Waals surface area (Å²) in [5.41, 5.74) is 0.445. The van der Waals surface area contributed by atoms with Gasteiger partial charge in [0.2, 0.25) is 5.95 Å². The van der Waals surface area contributed by atoms with Crippen LogP contribution >= 0.6 is 11.8 Å². The van der Waals surface area contributed by atoms with E-state index >= 15 is 0 Å². The van der Waals surface area contributed by atoms with Gasteiger partial charge in [-0.15, -0.1) is 0 Å². The number of nitrogens with one attached hydrogen (secondary N) is 2. The predicted octanol–water partition coefficient (Wildman–Crippen LogP) is 4.60. The van der Waals surface area contributed by atoms with Crippen LogP contribution in [-0.2, 0) is 6.18 Å². The van der Waals surface area contributed by atoms with Gasteiger partial charge in [0.1, 0.15) is 11.5 Å². The summed E-state index contributed by atoms with van der Waals surface area (Å²) in [6.07, 6.45) is 2.73. The molecule has 4 aromatic rings. The number of carbonyl (C=O) groups is 1. The van der Waals surface area contributed by atoms with Gasteiger partial charge in [0.15, 0.2) is 11.5 Å². The van der Waals surface area contributed by atoms with E-state index in [0.717, 1.165) is 22.7 Å². The lowest BCUT2D eigenvalue weighted by molar-refractivity contribution is -0.141. The Kier molecular flexibility index (Phi) is 8.54. The molecule has 2 N–H and O–H groups in total. The average Bonchev–Trinajstić information content (AvgIpc) is 3.44. The van der Waals surface area contributed by atoms with Crippen molar-refractivity contribution in [2.24, 2.45) is 0 Å². The van der Waals surface area contributed by atoms with E-state index in [1.54, 1.807) is 36.0 Å². The number of hydrogen-bond acceptors (Lipinski definition) is 9. The number of thioether (sulfide) groups is 1. The standard InChI is InChI=1S/C25H24F3N7O3S/c1-37-18-9-17(10-19(11-18)38-2)32-24-31-14-20(22(33-24)35-6-4-21(34-35)25(26,27)28)15-8-16(13-29-12-15)23(36)30-5-7-39-3/h4,6,8-14H,5,7H2,1-3H3,(H,30,36)(H,31,32,33). The Morgan fingerprint density at radius 3 is 2.46 bits per heavy atom. The van der Waals surface area contributed by atoms with Crippen LogP contribution in [0.2, 0.25) is 0 Å². The van der Waals surface area contributed by atoms with Crippen molar-refractivity contribution < 1.29 is 27.4 Å². The Labute approximate surface area is 226 Å². The summed E-state index contributed by atoms with van der Waals surface area (Å²) in [4.78, 5) is 25.5. The average molecular weight is 560 g/mol. The van der Waals surface area contributed by atoms with E-state index in [1.807, 2.05) is 6.26 Å². The van der Waals surface area contributed by atoms with E-state index < -0.39 is 11.9 Å². The highest BCUT2D eigenvalue weighted by molar-refractivity contribution is 7.98. The number of nitrogens with zero attached hydrogens (tertiary/aromatic N) is 5. The highest BCUT2D eigenvalue weighted by Gasteiger charge is 2.34. The molecule has 0 radical (unpaired) electrons. The Balaban J connectivity index is 1.76. The fourth-order valence-electron chi connectivity index (χ4n) is 3.49. The first-order valence-electron chi connectivity index (χ1n) is 11.4. The zero-order chi connectivity index (χ0) is 28.0. The Bertz CT molecular complexity index is 1440. The van der Waals surface area contributed by atoms with Gasteiger partial charge in [0.25, 0.3) is 5.91 Å². The fraction of sp³-hybridized carbons (Fsp3) is 0.240. The first-order valence-corrected chi connectivity index (χ1v) is 12.8. The van der Waals surface area contributed by atoms with E-state index in [4.69, 9.17) is 9.47 Å². The van der Waals surface area contributed by atoms with Gasteiger partial charge in [-0.2, -0.15) is 35.0 Å². The molecule has 3 heterocycles. The second-order valence-corrected chi connectivity index (χ2v) is 9.00. The molecule has 1 aromatic carbocycles. The molecule has 0 aliphatic carbocycles. The monoisotopic (exact) mass is 559 g/mol. The first-order chi connectivity index (χ1) is 18.7. The number of benzene rings is 1. The number of anilines is 2. The minimum absolute atomic E-state index is 0.0413. The molecule has 14 heteroatoms. The summed E-state index contributed by atoms with van der Waals surface area (Å²) >= 11 is 1.59. The number of carbonyl (C=O) groups excluding carboxylic acids is 1. The normalized spacial score (nSPS) is 11.2. The molecule has 0 atom stereocenters. The number of rotatable bonds is 10. The number of amides is 1. The molecule has 1 amide bonds. The summed E-state index contributed by atoms with van der Waals surface area (Å²) in [7, 11) is 3.01. The van der Waals surface area contributed by atoms with Gasteiger partial charge in [0, 0.05) is 72.1 Å². The number of aromatic nitrogens is 5. The van der Waals surface area contributed by atoms with E-state index in [-0.39, 0.29) is 23.2 Å². The van der Waals surface area contributed by atoms with Crippen molar-refractivity contribution in [2.75, 3.05) is 38.1 Å². The molecule has 0 bridgehead atoms. The van der Waals surface area contributed by atoms with Crippen molar-refractivity contribution >= 4 is 29.3 Å². The smallest absolute Gasteiger partial charge is 0.435 e. The highest BCUT2D eigenvalue weighted by atomic mass is 32.2. The minimum atomic E-state index is -4.65. The van der Waals surface area contributed by atoms with E-state index in [2.05, 4.69) is 30.7 Å². The summed E-state index contributed by atoms with van der Waals surface area (Å²) in [6.45, 7) is 0.474. The molecule has 0 aliphatic heterocycles. The van der Waals surface area contributed by atoms with E-state index in [1.165, 1.54) is 32.8 Å². The topological polar surface area (TPSA) is 116 Å². The molecule has 0 aliphatic rings. The first kappa shape index (κ1) is 27.7. The molecule has 3 aromatic heterocycles. The van der Waals surface area contributed by atoms with Crippen LogP contribution < -0.4 is 20.1 Å². The van der Waals surface area contributed by atoms with Crippen LogP contribution in [0.1, 0.15) is 16.1 Å². The predicted molar refractivity (Wildman–Crippen MR) is 141 cm³/mol. The maximum atomic E-state index is 13.3. The summed E-state index contributed by atoms with van der Waals surface area (Å²) in [5.74, 6) is 1.55. The quantitative estimate of drug-likeness (QED) is 0.269. The molecular weight excluding hydrogens is 535 g/mol. The number of methoxy groups -OCH3 is 2. The van der Waals surface area contributed by atoms with E-state index in [9.17, 15) is 18.0 Å². The number of ether oxygens (including phenoxy) is 2. The van der Waals surface area contributed by atoms with E-state index in [0.29, 0.717) is 34.9 Å². The van der Waals surface area contributed by atoms with Crippen molar-refractivity contribution in [2.45, 2.75) is 6.18 Å². The van der Waals surface area contributed by atoms with Crippen LogP contribution in [0.25, 0.3) is 16.9 Å². The number of pyridine rings is 1. The second-order valence-electron chi connectivity index (χ2n) is 8.01. The zero-order valence-corrected chi connectivity index (χ0v) is 21.9. The van der Waals surface area contributed by atoms with Crippen molar-refractivity contribution in [3.8, 4) is 28.4 Å². The lowest BCUT2D eigenvalue weighted by atomic mass is 10.1. The Hall–Kier alpha value is -4.33. The largest absolute Gasteiger partial charge is 0.497 e. The van der Waals surface area contributed by atoms with Crippen molar-refractivity contribution in [1.82, 2.24) is 30.0 Å². The highest BCUT2D eigenvalue weighted by Crippen LogP contribution is 2.32. The molecular formula is C25H24F3N7O3S. The third kappa shape index (κ3) is 6.76. The third-order valence-electron chi connectivity index (χ3n) is 5.38. The molecule has 204 valence electrons. The summed E-state index contributed by atoms with van der Waals surface area (Å²) in [5, 5.41) is 9.49. The lowest BCUT2D eigenvalue weighted by Gasteiger charge is -2.13. The van der Waals surface area contributed by atoms with Gasteiger partial charge >= 0.3 is 6.18 Å². The molecule has 0 saturated heterocycles. The number of halogens is 3. The number of alkyl halides is 3. The molecule has 0 fully saturated rings. The SMILES string of the molecule is COc1cc(Nc2ncc(-c3cncc(C(=O)NCCSC)c3)c(-n3ccc(C(F)(F)F)n3)n2)cc(OC)c1. The Morgan fingerprint density at radius 1 is 1.08 bits per heavy atom. The molecule has 10 nitrogen and oxygen atoms in total. The van der Waals surface area contributed by atoms with Crippen LogP contribution in [0.4, 0.5) is 24.8 Å². The van der Waals surface area contributed by atoms with Gasteiger partial charge in [-0.1, -0.05) is 0 Å². The maximum absolute atomic E-state index is 13.3. The van der Waals surface area contributed by atoms with Gasteiger partial charge in [-0.25, -0.2) is 9.67 Å². The van der Waals surface area contributed by atoms with Crippen molar-refractivity contribution in [3.63, 3.8) is 0 Å². The fourth-order valence-corrected chi connectivity index (χ4v) is 3.80. The van der Waals surface area contributed by atoms with Crippen molar-refractivity contribution in [1.29, 1.82) is 0 Å². The van der Waals surface area contributed by atoms with Gasteiger partial charge < -0.3 is 20.1 Å². The molecule has 0 spiro atoms. The Morgan fingerprint density at radius 2 is 1.82 bits per heavy atom. The molecule has 0 saturated carbocycles. The molecule has 39 heavy (non-hydrogen) atoms. The summed E-state index contributed by atoms with van der Waals surface area (Å²) in [6, 6.07) is 7.45. The van der Waals surface area contributed by atoms with Crippen molar-refractivity contribution in [3.05, 3.63) is 66.4 Å². The van der Waals surface area contributed by atoms with Crippen LogP contribution in [0.15, 0.2) is 55.1 Å². The van der Waals surface area contributed by atoms with Gasteiger partial charge in [-0.05, 0) is 18.4 Å². The third-order valence-corrected chi connectivity index (χ3v) is 5.99. The van der Waals surface area contributed by atoms with Crippen LogP contribution in [-0.4, -0.2) is 63.4 Å². The minimum Gasteiger partial charge on any atom is -0.497 e. The van der Waals surface area contributed by atoms with Crippen LogP contribution in [0.5, 0.6) is 11.5 Å². The second kappa shape index (κ2) is 12.0. The maximum Gasteiger partial charge on any atom is 0.435 e. The summed E-state index contributed by atoms with van der Waals surface area (Å²) < 4.78 is 51.5. The van der Waals surface area contributed by atoms with Crippen LogP contribution in [0.3, 0.4) is 0 Å². The lowest BCUT2D eigenvalue weighted by Crippen LogP contribution is -2.25. The van der Waals surface area contributed by atoms with Crippen LogP contribution in [0, 0.1) is 0 Å².